The number of aromatic nitrogens is 1. The molecule has 0 atom stereocenters. The molecule has 62 valence electrons. The van der Waals surface area contributed by atoms with E-state index in [0.717, 1.165) is 17.0 Å². The maximum atomic E-state index is 4.18. The number of aryl methyl sites for hydroxylation is 1. The SMILES string of the molecule is C=C(N=CC)c1ncccc1C. The molecule has 1 heterocycles. The Hall–Kier alpha value is -1.44. The molecular formula is C10H12N2. The van der Waals surface area contributed by atoms with E-state index in [0.29, 0.717) is 0 Å². The van der Waals surface area contributed by atoms with Crippen molar-refractivity contribution in [2.45, 2.75) is 13.8 Å². The van der Waals surface area contributed by atoms with Crippen molar-refractivity contribution in [3.63, 3.8) is 0 Å². The molecule has 0 saturated carbocycles. The molecule has 0 spiro atoms. The zero-order chi connectivity index (χ0) is 8.97. The molecule has 1 rings (SSSR count). The predicted molar refractivity (Wildman–Crippen MR) is 52.2 cm³/mol. The van der Waals surface area contributed by atoms with Gasteiger partial charge in [-0.25, -0.2) is 0 Å². The third kappa shape index (κ3) is 1.78. The van der Waals surface area contributed by atoms with E-state index in [1.165, 1.54) is 0 Å². The van der Waals surface area contributed by atoms with Gasteiger partial charge in [0.2, 0.25) is 0 Å². The molecule has 0 aliphatic carbocycles. The van der Waals surface area contributed by atoms with Gasteiger partial charge in [-0.05, 0) is 25.5 Å². The first-order valence-electron chi connectivity index (χ1n) is 3.85. The van der Waals surface area contributed by atoms with Crippen LogP contribution in [0.4, 0.5) is 0 Å². The van der Waals surface area contributed by atoms with Gasteiger partial charge in [-0.2, -0.15) is 0 Å². The molecule has 0 aliphatic heterocycles. The van der Waals surface area contributed by atoms with Gasteiger partial charge in [0.15, 0.2) is 0 Å². The van der Waals surface area contributed by atoms with Crippen LogP contribution in [0, 0.1) is 6.92 Å². The summed E-state index contributed by atoms with van der Waals surface area (Å²) >= 11 is 0. The van der Waals surface area contributed by atoms with Gasteiger partial charge in [-0.1, -0.05) is 12.6 Å². The van der Waals surface area contributed by atoms with Gasteiger partial charge in [0.25, 0.3) is 0 Å². The van der Waals surface area contributed by atoms with Crippen LogP contribution in [0.5, 0.6) is 0 Å². The summed E-state index contributed by atoms with van der Waals surface area (Å²) in [6.07, 6.45) is 3.47. The fourth-order valence-corrected chi connectivity index (χ4v) is 1.00. The monoisotopic (exact) mass is 160 g/mol. The molecule has 2 nitrogen and oxygen atoms in total. The molecule has 0 amide bonds. The minimum Gasteiger partial charge on any atom is -0.260 e. The number of pyridine rings is 1. The Morgan fingerprint density at radius 2 is 2.42 bits per heavy atom. The molecule has 0 fully saturated rings. The standard InChI is InChI=1S/C10H12N2/c1-4-11-9(3)10-8(2)6-5-7-12-10/h4-7H,3H2,1-2H3. The van der Waals surface area contributed by atoms with Crippen LogP contribution in [-0.4, -0.2) is 11.2 Å². The van der Waals surface area contributed by atoms with Crippen molar-refractivity contribution in [1.29, 1.82) is 0 Å². The molecule has 1 aromatic heterocycles. The molecule has 12 heavy (non-hydrogen) atoms. The summed E-state index contributed by atoms with van der Waals surface area (Å²) < 4.78 is 0. The van der Waals surface area contributed by atoms with E-state index < -0.39 is 0 Å². The number of aliphatic imine (C=N–C) groups is 1. The summed E-state index contributed by atoms with van der Waals surface area (Å²) in [6.45, 7) is 7.68. The zero-order valence-electron chi connectivity index (χ0n) is 7.41. The van der Waals surface area contributed by atoms with Gasteiger partial charge >= 0.3 is 0 Å². The molecule has 1 aromatic rings. The van der Waals surface area contributed by atoms with Crippen molar-refractivity contribution in [2.75, 3.05) is 0 Å². The Kier molecular flexibility index (Phi) is 2.75. The lowest BCUT2D eigenvalue weighted by Gasteiger charge is -2.01. The van der Waals surface area contributed by atoms with E-state index in [9.17, 15) is 0 Å². The zero-order valence-corrected chi connectivity index (χ0v) is 7.41. The normalized spacial score (nSPS) is 10.5. The average Bonchev–Trinajstić information content (AvgIpc) is 2.05. The lowest BCUT2D eigenvalue weighted by Crippen LogP contribution is -1.89. The summed E-state index contributed by atoms with van der Waals surface area (Å²) in [4.78, 5) is 8.26. The predicted octanol–water partition coefficient (Wildman–Crippen LogP) is 2.45. The Balaban J connectivity index is 3.03. The van der Waals surface area contributed by atoms with Gasteiger partial charge in [-0.15, -0.1) is 0 Å². The van der Waals surface area contributed by atoms with E-state index in [-0.39, 0.29) is 0 Å². The summed E-state index contributed by atoms with van der Waals surface area (Å²) in [6, 6.07) is 3.90. The summed E-state index contributed by atoms with van der Waals surface area (Å²) in [7, 11) is 0. The fraction of sp³-hybridized carbons (Fsp3) is 0.200. The summed E-state index contributed by atoms with van der Waals surface area (Å²) in [5.41, 5.74) is 2.69. The highest BCUT2D eigenvalue weighted by Crippen LogP contribution is 2.13. The Morgan fingerprint density at radius 3 is 3.00 bits per heavy atom. The minimum absolute atomic E-state index is 0.718. The molecule has 0 bridgehead atoms. The quantitative estimate of drug-likeness (QED) is 0.610. The van der Waals surface area contributed by atoms with Crippen molar-refractivity contribution in [3.05, 3.63) is 36.2 Å². The average molecular weight is 160 g/mol. The largest absolute Gasteiger partial charge is 0.260 e. The Bertz CT molecular complexity index is 313. The molecular weight excluding hydrogens is 148 g/mol. The lowest BCUT2D eigenvalue weighted by molar-refractivity contribution is 1.21. The molecule has 0 N–H and O–H groups in total. The summed E-state index contributed by atoms with van der Waals surface area (Å²) in [5, 5.41) is 0. The van der Waals surface area contributed by atoms with E-state index in [2.05, 4.69) is 16.6 Å². The fourth-order valence-electron chi connectivity index (χ4n) is 1.00. The number of rotatable bonds is 2. The Labute approximate surface area is 72.7 Å². The number of hydrogen-bond donors (Lipinski definition) is 0. The Morgan fingerprint density at radius 1 is 1.67 bits per heavy atom. The molecule has 0 radical (unpaired) electrons. The van der Waals surface area contributed by atoms with Crippen LogP contribution in [-0.2, 0) is 0 Å². The highest BCUT2D eigenvalue weighted by atomic mass is 14.8. The van der Waals surface area contributed by atoms with Crippen LogP contribution >= 0.6 is 0 Å². The molecule has 0 aromatic carbocycles. The van der Waals surface area contributed by atoms with Crippen molar-refractivity contribution >= 4 is 11.9 Å². The summed E-state index contributed by atoms with van der Waals surface area (Å²) in [5.74, 6) is 0. The highest BCUT2D eigenvalue weighted by molar-refractivity contribution is 5.70. The second-order valence-corrected chi connectivity index (χ2v) is 2.50. The first-order valence-corrected chi connectivity index (χ1v) is 3.85. The van der Waals surface area contributed by atoms with Gasteiger partial charge in [0.1, 0.15) is 0 Å². The van der Waals surface area contributed by atoms with E-state index in [4.69, 9.17) is 0 Å². The van der Waals surface area contributed by atoms with E-state index in [1.807, 2.05) is 26.0 Å². The van der Waals surface area contributed by atoms with Crippen LogP contribution in [0.25, 0.3) is 5.70 Å². The minimum atomic E-state index is 0.718. The highest BCUT2D eigenvalue weighted by Gasteiger charge is 1.99. The van der Waals surface area contributed by atoms with Crippen molar-refractivity contribution in [1.82, 2.24) is 4.98 Å². The van der Waals surface area contributed by atoms with Crippen LogP contribution in [0.15, 0.2) is 29.9 Å². The second-order valence-electron chi connectivity index (χ2n) is 2.50. The molecule has 0 unspecified atom stereocenters. The van der Waals surface area contributed by atoms with Gasteiger partial charge in [-0.3, -0.25) is 9.98 Å². The topological polar surface area (TPSA) is 25.2 Å². The van der Waals surface area contributed by atoms with Crippen molar-refractivity contribution < 1.29 is 0 Å². The van der Waals surface area contributed by atoms with Crippen molar-refractivity contribution in [2.24, 2.45) is 4.99 Å². The first-order chi connectivity index (χ1) is 5.75. The number of nitrogens with zero attached hydrogens (tertiary/aromatic N) is 2. The molecule has 0 saturated heterocycles. The number of hydrogen-bond acceptors (Lipinski definition) is 2. The lowest BCUT2D eigenvalue weighted by atomic mass is 10.2. The van der Waals surface area contributed by atoms with Crippen LogP contribution < -0.4 is 0 Å². The maximum Gasteiger partial charge on any atom is 0.0908 e. The second kappa shape index (κ2) is 3.81. The van der Waals surface area contributed by atoms with Crippen LogP contribution in [0.1, 0.15) is 18.2 Å². The molecule has 0 aliphatic rings. The van der Waals surface area contributed by atoms with Crippen LogP contribution in [0.3, 0.4) is 0 Å². The van der Waals surface area contributed by atoms with E-state index >= 15 is 0 Å². The van der Waals surface area contributed by atoms with Gasteiger partial charge in [0.05, 0.1) is 11.4 Å². The smallest absolute Gasteiger partial charge is 0.0908 e. The maximum absolute atomic E-state index is 4.18. The van der Waals surface area contributed by atoms with Crippen LogP contribution in [0.2, 0.25) is 0 Å². The van der Waals surface area contributed by atoms with Gasteiger partial charge in [0, 0.05) is 12.4 Å². The first kappa shape index (κ1) is 8.65. The molecule has 2 heteroatoms. The van der Waals surface area contributed by atoms with Gasteiger partial charge < -0.3 is 0 Å². The third-order valence-corrected chi connectivity index (χ3v) is 1.57. The van der Waals surface area contributed by atoms with Crippen molar-refractivity contribution in [3.8, 4) is 0 Å². The third-order valence-electron chi connectivity index (χ3n) is 1.57. The van der Waals surface area contributed by atoms with E-state index in [1.54, 1.807) is 12.4 Å².